The van der Waals surface area contributed by atoms with Crippen LogP contribution in [0.15, 0.2) is 30.3 Å². The van der Waals surface area contributed by atoms with E-state index in [9.17, 15) is 14.7 Å². The van der Waals surface area contributed by atoms with Crippen molar-refractivity contribution in [3.63, 3.8) is 0 Å². The number of imide groups is 1. The van der Waals surface area contributed by atoms with E-state index in [0.717, 1.165) is 5.56 Å². The number of hydrogen-bond donors (Lipinski definition) is 1. The summed E-state index contributed by atoms with van der Waals surface area (Å²) in [6.07, 6.45) is -0.529. The average Bonchev–Trinajstić information content (AvgIpc) is 3.22. The van der Waals surface area contributed by atoms with Gasteiger partial charge in [-0.25, -0.2) is 9.69 Å². The van der Waals surface area contributed by atoms with E-state index in [1.807, 2.05) is 37.3 Å². The minimum atomic E-state index is -0.976. The van der Waals surface area contributed by atoms with Crippen LogP contribution in [-0.2, 0) is 25.4 Å². The lowest BCUT2D eigenvalue weighted by atomic mass is 9.92. The minimum Gasteiger partial charge on any atom is -0.447 e. The molecule has 1 N–H and O–H groups in total. The predicted octanol–water partition coefficient (Wildman–Crippen LogP) is 2.12. The second-order valence-electron chi connectivity index (χ2n) is 7.25. The van der Waals surface area contributed by atoms with Crippen molar-refractivity contribution in [2.45, 2.75) is 51.0 Å². The van der Waals surface area contributed by atoms with Crippen LogP contribution < -0.4 is 0 Å². The number of amides is 2. The van der Waals surface area contributed by atoms with Gasteiger partial charge in [0, 0.05) is 6.42 Å². The fourth-order valence-electron chi connectivity index (χ4n) is 3.75. The van der Waals surface area contributed by atoms with Crippen molar-refractivity contribution in [2.75, 3.05) is 19.8 Å². The third-order valence-corrected chi connectivity index (χ3v) is 5.21. The summed E-state index contributed by atoms with van der Waals surface area (Å²) in [5, 5.41) is 10.7. The molecule has 1 aromatic rings. The van der Waals surface area contributed by atoms with Crippen molar-refractivity contribution in [1.82, 2.24) is 4.90 Å². The van der Waals surface area contributed by atoms with E-state index >= 15 is 0 Å². The third-order valence-electron chi connectivity index (χ3n) is 5.21. The maximum absolute atomic E-state index is 13.1. The van der Waals surface area contributed by atoms with Crippen LogP contribution in [0.2, 0.25) is 0 Å². The first kappa shape index (κ1) is 19.8. The third kappa shape index (κ3) is 4.48. The molecule has 7 nitrogen and oxygen atoms in total. The molecule has 0 spiro atoms. The van der Waals surface area contributed by atoms with Gasteiger partial charge in [-0.2, -0.15) is 0 Å². The van der Waals surface area contributed by atoms with Gasteiger partial charge in [0.2, 0.25) is 5.91 Å². The molecule has 2 amide bonds. The summed E-state index contributed by atoms with van der Waals surface area (Å²) < 4.78 is 16.2. The van der Waals surface area contributed by atoms with E-state index in [0.29, 0.717) is 26.1 Å². The summed E-state index contributed by atoms with van der Waals surface area (Å²) in [5.41, 5.74) is 1.02. The van der Waals surface area contributed by atoms with Gasteiger partial charge in [0.15, 0.2) is 5.79 Å². The number of cyclic esters (lactones) is 1. The summed E-state index contributed by atoms with van der Waals surface area (Å²) >= 11 is 0. The largest absolute Gasteiger partial charge is 0.447 e. The van der Waals surface area contributed by atoms with Crippen LogP contribution in [0.3, 0.4) is 0 Å². The first-order chi connectivity index (χ1) is 12.9. The number of aliphatic hydroxyl groups excluding tert-OH is 1. The average molecular weight is 377 g/mol. The van der Waals surface area contributed by atoms with Crippen molar-refractivity contribution in [1.29, 1.82) is 0 Å². The maximum Gasteiger partial charge on any atom is 0.416 e. The smallest absolute Gasteiger partial charge is 0.416 e. The Hall–Kier alpha value is -1.96. The van der Waals surface area contributed by atoms with Gasteiger partial charge in [0.05, 0.1) is 31.3 Å². The zero-order valence-corrected chi connectivity index (χ0v) is 15.8. The van der Waals surface area contributed by atoms with Crippen LogP contribution in [0, 0.1) is 5.92 Å². The van der Waals surface area contributed by atoms with Gasteiger partial charge in [-0.1, -0.05) is 37.3 Å². The second kappa shape index (κ2) is 8.37. The van der Waals surface area contributed by atoms with Gasteiger partial charge < -0.3 is 19.3 Å². The summed E-state index contributed by atoms with van der Waals surface area (Å²) in [6, 6.07) is 9.28. The summed E-state index contributed by atoms with van der Waals surface area (Å²) in [4.78, 5) is 26.5. The molecule has 0 aliphatic carbocycles. The fourth-order valence-corrected chi connectivity index (χ4v) is 3.75. The number of carbonyl (C=O) groups excluding carboxylic acids is 2. The molecule has 0 saturated carbocycles. The number of rotatable bonds is 7. The number of hydrogen-bond acceptors (Lipinski definition) is 6. The normalized spacial score (nSPS) is 23.9. The standard InChI is InChI=1S/C20H27NO6/c1-3-16(17(22)12-20(2)26-9-10-27-20)18(23)21-15(13-25-19(21)24)11-14-7-5-4-6-8-14/h4-8,15-17,22H,3,9-13H2,1-2H3/t15?,16-,17+/m1/s1. The first-order valence-corrected chi connectivity index (χ1v) is 9.43. The van der Waals surface area contributed by atoms with E-state index in [-0.39, 0.29) is 19.1 Å². The maximum atomic E-state index is 13.1. The molecule has 0 bridgehead atoms. The Morgan fingerprint density at radius 1 is 1.30 bits per heavy atom. The first-order valence-electron chi connectivity index (χ1n) is 9.43. The SMILES string of the molecule is CC[C@@H](C(=O)N1C(=O)OCC1Cc1ccccc1)[C@@H](O)CC1(C)OCCO1. The number of carbonyl (C=O) groups is 2. The lowest BCUT2D eigenvalue weighted by Crippen LogP contribution is -2.47. The van der Waals surface area contributed by atoms with Gasteiger partial charge in [-0.05, 0) is 25.3 Å². The van der Waals surface area contributed by atoms with Gasteiger partial charge >= 0.3 is 6.09 Å². The van der Waals surface area contributed by atoms with Crippen molar-refractivity contribution < 1.29 is 28.9 Å². The van der Waals surface area contributed by atoms with Crippen molar-refractivity contribution in [3.8, 4) is 0 Å². The number of aliphatic hydroxyl groups is 1. The molecule has 2 fully saturated rings. The minimum absolute atomic E-state index is 0.163. The summed E-state index contributed by atoms with van der Waals surface area (Å²) in [7, 11) is 0. The van der Waals surface area contributed by atoms with Crippen LogP contribution in [0.25, 0.3) is 0 Å². The Labute approximate surface area is 159 Å². The highest BCUT2D eigenvalue weighted by atomic mass is 16.7. The summed E-state index contributed by atoms with van der Waals surface area (Å²) in [6.45, 7) is 4.66. The molecular formula is C20H27NO6. The highest BCUT2D eigenvalue weighted by molar-refractivity contribution is 5.95. The Balaban J connectivity index is 1.70. The van der Waals surface area contributed by atoms with Crippen molar-refractivity contribution >= 4 is 12.0 Å². The molecule has 0 radical (unpaired) electrons. The molecule has 3 atom stereocenters. The predicted molar refractivity (Wildman–Crippen MR) is 96.8 cm³/mol. The Kier molecular flexibility index (Phi) is 6.14. The van der Waals surface area contributed by atoms with Crippen LogP contribution >= 0.6 is 0 Å². The lowest BCUT2D eigenvalue weighted by molar-refractivity contribution is -0.171. The van der Waals surface area contributed by atoms with Gasteiger partial charge in [-0.15, -0.1) is 0 Å². The van der Waals surface area contributed by atoms with Crippen molar-refractivity contribution in [2.24, 2.45) is 5.92 Å². The Morgan fingerprint density at radius 2 is 1.96 bits per heavy atom. The van der Waals surface area contributed by atoms with Crippen LogP contribution in [0.1, 0.15) is 32.3 Å². The van der Waals surface area contributed by atoms with Gasteiger partial charge in [-0.3, -0.25) is 4.79 Å². The molecule has 2 heterocycles. The number of ether oxygens (including phenoxy) is 3. The van der Waals surface area contributed by atoms with E-state index in [4.69, 9.17) is 14.2 Å². The quantitative estimate of drug-likeness (QED) is 0.783. The van der Waals surface area contributed by atoms with Crippen LogP contribution in [0.4, 0.5) is 4.79 Å². The van der Waals surface area contributed by atoms with Gasteiger partial charge in [0.25, 0.3) is 0 Å². The van der Waals surface area contributed by atoms with Crippen LogP contribution in [0.5, 0.6) is 0 Å². The van der Waals surface area contributed by atoms with E-state index < -0.39 is 29.8 Å². The van der Waals surface area contributed by atoms with Gasteiger partial charge in [0.1, 0.15) is 6.61 Å². The lowest BCUT2D eigenvalue weighted by Gasteiger charge is -2.31. The Bertz CT molecular complexity index is 658. The van der Waals surface area contributed by atoms with E-state index in [2.05, 4.69) is 0 Å². The zero-order valence-electron chi connectivity index (χ0n) is 15.8. The summed E-state index contributed by atoms with van der Waals surface area (Å²) in [5.74, 6) is -2.03. The molecule has 7 heteroatoms. The molecule has 1 aromatic carbocycles. The topological polar surface area (TPSA) is 85.3 Å². The molecule has 2 saturated heterocycles. The highest BCUT2D eigenvalue weighted by Gasteiger charge is 2.44. The molecule has 3 rings (SSSR count). The van der Waals surface area contributed by atoms with E-state index in [1.165, 1.54) is 4.90 Å². The second-order valence-corrected chi connectivity index (χ2v) is 7.25. The molecular weight excluding hydrogens is 350 g/mol. The molecule has 27 heavy (non-hydrogen) atoms. The molecule has 148 valence electrons. The Morgan fingerprint density at radius 3 is 2.59 bits per heavy atom. The molecule has 2 aliphatic heterocycles. The molecule has 2 aliphatic rings. The van der Waals surface area contributed by atoms with E-state index in [1.54, 1.807) is 6.92 Å². The number of nitrogens with zero attached hydrogens (tertiary/aromatic N) is 1. The zero-order chi connectivity index (χ0) is 19.4. The molecule has 0 aromatic heterocycles. The number of benzene rings is 1. The fraction of sp³-hybridized carbons (Fsp3) is 0.600. The highest BCUT2D eigenvalue weighted by Crippen LogP contribution is 2.30. The van der Waals surface area contributed by atoms with Crippen LogP contribution in [-0.4, -0.2) is 59.8 Å². The molecule has 1 unspecified atom stereocenters. The van der Waals surface area contributed by atoms with Crippen molar-refractivity contribution in [3.05, 3.63) is 35.9 Å². The monoisotopic (exact) mass is 377 g/mol.